The van der Waals surface area contributed by atoms with Gasteiger partial charge in [-0.15, -0.1) is 0 Å². The van der Waals surface area contributed by atoms with E-state index in [9.17, 15) is 0 Å². The summed E-state index contributed by atoms with van der Waals surface area (Å²) in [6.45, 7) is 0. The Hall–Kier alpha value is -1.88. The smallest absolute Gasteiger partial charge is 0.126 e. The van der Waals surface area contributed by atoms with Gasteiger partial charge < -0.3 is 5.32 Å². The molecule has 0 fully saturated rings. The van der Waals surface area contributed by atoms with Gasteiger partial charge in [0.2, 0.25) is 0 Å². The van der Waals surface area contributed by atoms with Crippen molar-refractivity contribution in [1.29, 1.82) is 5.41 Å². The zero-order valence-electron chi connectivity index (χ0n) is 13.0. The molecule has 0 saturated carbocycles. The minimum atomic E-state index is -0.253. The van der Waals surface area contributed by atoms with Crippen LogP contribution in [0.5, 0.6) is 0 Å². The highest BCUT2D eigenvalue weighted by atomic mass is 79.9. The van der Waals surface area contributed by atoms with E-state index < -0.39 is 0 Å². The molecular formula is C19H14BrCl2N3. The van der Waals surface area contributed by atoms with Gasteiger partial charge in [0.25, 0.3) is 0 Å². The molecule has 0 aliphatic rings. The van der Waals surface area contributed by atoms with Crippen LogP contribution in [0, 0.1) is 5.41 Å². The molecule has 25 heavy (non-hydrogen) atoms. The molecular weight excluding hydrogens is 421 g/mol. The third-order valence-electron chi connectivity index (χ3n) is 3.68. The van der Waals surface area contributed by atoms with Crippen molar-refractivity contribution >= 4 is 45.0 Å². The molecule has 0 radical (unpaired) electrons. The maximum atomic E-state index is 8.42. The zero-order chi connectivity index (χ0) is 17.8. The summed E-state index contributed by atoms with van der Waals surface area (Å²) in [5.41, 5.74) is 2.49. The van der Waals surface area contributed by atoms with Crippen LogP contribution in [0.1, 0.15) is 22.9 Å². The van der Waals surface area contributed by atoms with E-state index in [0.29, 0.717) is 15.6 Å². The highest BCUT2D eigenvalue weighted by Crippen LogP contribution is 2.25. The van der Waals surface area contributed by atoms with Crippen LogP contribution in [0.3, 0.4) is 0 Å². The number of nitrogens with one attached hydrogen (secondary N) is 2. The van der Waals surface area contributed by atoms with E-state index in [-0.39, 0.29) is 11.9 Å². The number of rotatable bonds is 4. The van der Waals surface area contributed by atoms with Crippen LogP contribution in [0.4, 0.5) is 0 Å². The molecule has 126 valence electrons. The third kappa shape index (κ3) is 4.40. The van der Waals surface area contributed by atoms with E-state index in [1.54, 1.807) is 24.4 Å². The summed E-state index contributed by atoms with van der Waals surface area (Å²) in [4.78, 5) is 4.48. The third-order valence-corrected chi connectivity index (χ3v) is 4.88. The minimum Gasteiger partial charge on any atom is -0.358 e. The van der Waals surface area contributed by atoms with Gasteiger partial charge in [-0.1, -0.05) is 53.5 Å². The van der Waals surface area contributed by atoms with Gasteiger partial charge in [0.05, 0.1) is 21.8 Å². The summed E-state index contributed by atoms with van der Waals surface area (Å²) in [7, 11) is 0. The predicted octanol–water partition coefficient (Wildman–Crippen LogP) is 5.86. The number of benzene rings is 2. The van der Waals surface area contributed by atoms with Gasteiger partial charge in [-0.25, -0.2) is 0 Å². The molecule has 3 nitrogen and oxygen atoms in total. The van der Waals surface area contributed by atoms with Crippen LogP contribution in [-0.2, 0) is 0 Å². The molecule has 1 atom stereocenters. The predicted molar refractivity (Wildman–Crippen MR) is 107 cm³/mol. The Kier molecular flexibility index (Phi) is 5.74. The molecule has 2 aromatic carbocycles. The van der Waals surface area contributed by atoms with Crippen LogP contribution >= 0.6 is 39.1 Å². The lowest BCUT2D eigenvalue weighted by atomic mass is 10.0. The molecule has 0 saturated heterocycles. The maximum Gasteiger partial charge on any atom is 0.126 e. The first-order valence-corrected chi connectivity index (χ1v) is 9.06. The lowest BCUT2D eigenvalue weighted by Crippen LogP contribution is -2.30. The molecule has 0 unspecified atom stereocenters. The number of pyridine rings is 1. The maximum absolute atomic E-state index is 8.42. The number of amidine groups is 1. The highest BCUT2D eigenvalue weighted by Gasteiger charge is 2.17. The number of nitrogens with zero attached hydrogens (tertiary/aromatic N) is 1. The number of halogens is 3. The number of hydrogen-bond acceptors (Lipinski definition) is 2. The molecule has 1 heterocycles. The van der Waals surface area contributed by atoms with E-state index in [4.69, 9.17) is 28.6 Å². The van der Waals surface area contributed by atoms with Gasteiger partial charge in [-0.2, -0.15) is 0 Å². The largest absolute Gasteiger partial charge is 0.358 e. The Balaban J connectivity index is 1.93. The lowest BCUT2D eigenvalue weighted by Gasteiger charge is -2.21. The van der Waals surface area contributed by atoms with Gasteiger partial charge in [0, 0.05) is 16.2 Å². The summed E-state index contributed by atoms with van der Waals surface area (Å²) >= 11 is 15.4. The van der Waals surface area contributed by atoms with Crippen LogP contribution in [-0.4, -0.2) is 10.8 Å². The fourth-order valence-corrected chi connectivity index (χ4v) is 2.94. The highest BCUT2D eigenvalue weighted by molar-refractivity contribution is 9.10. The fourth-order valence-electron chi connectivity index (χ4n) is 2.41. The quantitative estimate of drug-likeness (QED) is 0.399. The summed E-state index contributed by atoms with van der Waals surface area (Å²) in [6.07, 6.45) is 1.75. The second kappa shape index (κ2) is 8.00. The van der Waals surface area contributed by atoms with Crippen molar-refractivity contribution in [2.24, 2.45) is 0 Å². The molecule has 0 bridgehead atoms. The molecule has 0 aliphatic carbocycles. The normalized spacial score (nSPS) is 11.8. The Morgan fingerprint density at radius 2 is 1.76 bits per heavy atom. The standard InChI is InChI=1S/C19H14BrCl2N3/c20-14-7-9-17(24-11-14)18(12-4-2-1-3-5-12)25-19(23)13-6-8-15(21)16(22)10-13/h1-11,18H,(H2,23,25)/t18-/m0/s1. The van der Waals surface area contributed by atoms with E-state index in [2.05, 4.69) is 26.2 Å². The van der Waals surface area contributed by atoms with Gasteiger partial charge in [0.1, 0.15) is 5.84 Å². The molecule has 2 N–H and O–H groups in total. The van der Waals surface area contributed by atoms with Gasteiger partial charge in [-0.3, -0.25) is 10.4 Å². The first-order valence-electron chi connectivity index (χ1n) is 7.51. The van der Waals surface area contributed by atoms with Crippen LogP contribution in [0.2, 0.25) is 10.0 Å². The zero-order valence-corrected chi connectivity index (χ0v) is 16.1. The molecule has 3 rings (SSSR count). The van der Waals surface area contributed by atoms with Crippen molar-refractivity contribution in [3.8, 4) is 0 Å². The molecule has 1 aromatic heterocycles. The lowest BCUT2D eigenvalue weighted by molar-refractivity contribution is 0.731. The molecule has 3 aromatic rings. The average molecular weight is 435 g/mol. The number of hydrogen-bond donors (Lipinski definition) is 2. The Morgan fingerprint density at radius 3 is 2.40 bits per heavy atom. The minimum absolute atomic E-state index is 0.247. The van der Waals surface area contributed by atoms with Crippen molar-refractivity contribution in [1.82, 2.24) is 10.3 Å². The molecule has 0 amide bonds. The summed E-state index contributed by atoms with van der Waals surface area (Å²) in [5.74, 6) is 0.247. The van der Waals surface area contributed by atoms with E-state index in [0.717, 1.165) is 15.7 Å². The van der Waals surface area contributed by atoms with Gasteiger partial charge in [-0.05, 0) is 51.8 Å². The summed E-state index contributed by atoms with van der Waals surface area (Å²) in [6, 6.07) is 18.6. The van der Waals surface area contributed by atoms with E-state index in [1.165, 1.54) is 0 Å². The first kappa shape index (κ1) is 17.9. The topological polar surface area (TPSA) is 48.8 Å². The number of aromatic nitrogens is 1. The van der Waals surface area contributed by atoms with Crippen molar-refractivity contribution in [2.75, 3.05) is 0 Å². The van der Waals surface area contributed by atoms with E-state index in [1.807, 2.05) is 42.5 Å². The molecule has 0 aliphatic heterocycles. The Bertz CT molecular complexity index is 883. The fraction of sp³-hybridized carbons (Fsp3) is 0.0526. The second-order valence-electron chi connectivity index (χ2n) is 5.39. The van der Waals surface area contributed by atoms with Crippen molar-refractivity contribution in [3.05, 3.63) is 98.2 Å². The first-order chi connectivity index (χ1) is 12.0. The van der Waals surface area contributed by atoms with Gasteiger partial charge >= 0.3 is 0 Å². The van der Waals surface area contributed by atoms with Crippen molar-refractivity contribution < 1.29 is 0 Å². The Labute approximate surface area is 164 Å². The summed E-state index contributed by atoms with van der Waals surface area (Å²) < 4.78 is 0.905. The van der Waals surface area contributed by atoms with E-state index >= 15 is 0 Å². The van der Waals surface area contributed by atoms with Crippen LogP contribution in [0.15, 0.2) is 71.3 Å². The van der Waals surface area contributed by atoms with Crippen LogP contribution < -0.4 is 5.32 Å². The average Bonchev–Trinajstić information content (AvgIpc) is 2.63. The van der Waals surface area contributed by atoms with Gasteiger partial charge in [0.15, 0.2) is 0 Å². The second-order valence-corrected chi connectivity index (χ2v) is 7.12. The van der Waals surface area contributed by atoms with Crippen molar-refractivity contribution in [2.45, 2.75) is 6.04 Å². The monoisotopic (exact) mass is 433 g/mol. The summed E-state index contributed by atoms with van der Waals surface area (Å²) in [5, 5.41) is 12.5. The molecule has 0 spiro atoms. The van der Waals surface area contributed by atoms with Crippen molar-refractivity contribution in [3.63, 3.8) is 0 Å². The SMILES string of the molecule is N=C(N[C@@H](c1ccccc1)c1ccc(Br)cn1)c1ccc(Cl)c(Cl)c1. The Morgan fingerprint density at radius 1 is 1.00 bits per heavy atom. The molecule has 6 heteroatoms. The van der Waals surface area contributed by atoms with Crippen LogP contribution in [0.25, 0.3) is 0 Å².